The van der Waals surface area contributed by atoms with Gasteiger partial charge in [0.2, 0.25) is 53.2 Å². The van der Waals surface area contributed by atoms with Gasteiger partial charge in [0, 0.05) is 80.5 Å². The average Bonchev–Trinajstić information content (AvgIpc) is 4.09. The summed E-state index contributed by atoms with van der Waals surface area (Å²) in [6, 6.07) is 3.81. The van der Waals surface area contributed by atoms with Gasteiger partial charge in [-0.3, -0.25) is 54.0 Å². The van der Waals surface area contributed by atoms with E-state index in [1.165, 1.54) is 26.4 Å². The molecular weight excluding hydrogens is 1070 g/mol. The van der Waals surface area contributed by atoms with Crippen LogP contribution in [0.3, 0.4) is 0 Å². The van der Waals surface area contributed by atoms with Crippen molar-refractivity contribution in [3.8, 4) is 0 Å². The molecule has 2 aromatic heterocycles. The van der Waals surface area contributed by atoms with E-state index in [9.17, 15) is 43.2 Å². The minimum Gasteiger partial charge on any atom is -0.370 e. The maximum Gasteiger partial charge on any atom is 0.244 e. The van der Waals surface area contributed by atoms with Gasteiger partial charge in [0.25, 0.3) is 0 Å². The molecule has 0 spiro atoms. The van der Waals surface area contributed by atoms with Gasteiger partial charge < -0.3 is 80.3 Å². The number of rotatable bonds is 18. The van der Waals surface area contributed by atoms with Gasteiger partial charge in [-0.25, -0.2) is 9.37 Å². The molecule has 9 atom stereocenters. The molecule has 2 aromatic carbocycles. The second-order valence-corrected chi connectivity index (χ2v) is 21.0. The lowest BCUT2D eigenvalue weighted by molar-refractivity contribution is -0.135. The molecule has 426 valence electrons. The van der Waals surface area contributed by atoms with E-state index >= 15 is 4.39 Å². The Morgan fingerprint density at radius 2 is 1.34 bits per heavy atom. The van der Waals surface area contributed by atoms with Crippen LogP contribution < -0.4 is 70.4 Å². The molecular formula is C49H67FN18O9S2. The monoisotopic (exact) mass is 1130 g/mol. The SMILES string of the molecule is CC(=O)N[C@@H](CCCNC(=N)N)C(=O)N[C@H]1CSSC[C@@H](C(N)=O)NC(=O)[C@H](Cc2c[nH]c3ccccc23)NC(=O)[C@H](CC(F)CNC(=N)N)NC(=O)[C@@H](Cc2ccccc2)NC(=O)[C@H](Cc2c[nH]cn2)NC(=O)[C@@H](C)NC1=O. The summed E-state index contributed by atoms with van der Waals surface area (Å²) in [5, 5.41) is 41.3. The van der Waals surface area contributed by atoms with Crippen LogP contribution in [0.5, 0.6) is 0 Å². The Labute approximate surface area is 461 Å². The topological polar surface area (TPSA) is 444 Å². The number of guanidine groups is 2. The Hall–Kier alpha value is -8.41. The highest BCUT2D eigenvalue weighted by molar-refractivity contribution is 8.76. The molecule has 27 nitrogen and oxygen atoms in total. The summed E-state index contributed by atoms with van der Waals surface area (Å²) in [6.45, 7) is 2.12. The van der Waals surface area contributed by atoms with E-state index < -0.39 is 127 Å². The fourth-order valence-electron chi connectivity index (χ4n) is 8.09. The van der Waals surface area contributed by atoms with Crippen molar-refractivity contribution in [3.05, 3.63) is 90.1 Å². The normalized spacial score (nSPS) is 22.0. The number of carbonyl (C=O) groups excluding carboxylic acids is 9. The maximum absolute atomic E-state index is 15.9. The zero-order valence-electron chi connectivity index (χ0n) is 43.2. The van der Waals surface area contributed by atoms with Crippen molar-refractivity contribution < 1.29 is 47.5 Å². The van der Waals surface area contributed by atoms with Gasteiger partial charge in [-0.2, -0.15) is 0 Å². The minimum absolute atomic E-state index is 0.0470. The predicted octanol–water partition coefficient (Wildman–Crippen LogP) is -2.81. The number of nitrogens with one attached hydrogen (secondary N) is 14. The number of carbonyl (C=O) groups is 9. The molecule has 4 aromatic rings. The molecule has 30 heteroatoms. The van der Waals surface area contributed by atoms with E-state index in [1.807, 2.05) is 0 Å². The van der Waals surface area contributed by atoms with Crippen molar-refractivity contribution in [1.82, 2.24) is 68.1 Å². The number of nitrogens with zero attached hydrogens (tertiary/aromatic N) is 1. The molecule has 1 unspecified atom stereocenters. The van der Waals surface area contributed by atoms with Gasteiger partial charge in [-0.05, 0) is 37.0 Å². The number of H-pyrrole nitrogens is 2. The largest absolute Gasteiger partial charge is 0.370 e. The zero-order chi connectivity index (χ0) is 57.6. The third kappa shape index (κ3) is 20.2. The van der Waals surface area contributed by atoms with Crippen LogP contribution in [0.15, 0.2) is 73.3 Å². The van der Waals surface area contributed by atoms with Gasteiger partial charge in [-0.15, -0.1) is 0 Å². The number of aromatic amines is 2. The van der Waals surface area contributed by atoms with Crippen LogP contribution >= 0.6 is 21.6 Å². The van der Waals surface area contributed by atoms with Crippen LogP contribution in [-0.4, -0.2) is 159 Å². The van der Waals surface area contributed by atoms with E-state index in [1.54, 1.807) is 60.8 Å². The zero-order valence-corrected chi connectivity index (χ0v) is 44.9. The van der Waals surface area contributed by atoms with Gasteiger partial charge in [-0.1, -0.05) is 70.1 Å². The van der Waals surface area contributed by atoms with Crippen LogP contribution in [-0.2, 0) is 62.4 Å². The van der Waals surface area contributed by atoms with Gasteiger partial charge in [0.15, 0.2) is 11.9 Å². The first kappa shape index (κ1) is 61.4. The van der Waals surface area contributed by atoms with Crippen molar-refractivity contribution in [2.75, 3.05) is 24.6 Å². The molecule has 5 rings (SSSR count). The smallest absolute Gasteiger partial charge is 0.244 e. The third-order valence-corrected chi connectivity index (χ3v) is 14.6. The molecule has 79 heavy (non-hydrogen) atoms. The van der Waals surface area contributed by atoms with Crippen molar-refractivity contribution in [2.45, 2.75) is 107 Å². The summed E-state index contributed by atoms with van der Waals surface area (Å²) >= 11 is 0. The number of para-hydroxylation sites is 1. The predicted molar refractivity (Wildman–Crippen MR) is 294 cm³/mol. The summed E-state index contributed by atoms with van der Waals surface area (Å²) in [6.07, 6.45) is 1.39. The number of imidazole rings is 1. The summed E-state index contributed by atoms with van der Waals surface area (Å²) in [4.78, 5) is 136. The second-order valence-electron chi connectivity index (χ2n) is 18.5. The molecule has 1 aliphatic rings. The highest BCUT2D eigenvalue weighted by atomic mass is 33.1. The Morgan fingerprint density at radius 1 is 0.734 bits per heavy atom. The number of alkyl halides is 1. The number of amides is 9. The maximum atomic E-state index is 15.9. The number of nitrogens with two attached hydrogens (primary N) is 3. The average molecular weight is 1140 g/mol. The van der Waals surface area contributed by atoms with Crippen molar-refractivity contribution in [2.24, 2.45) is 17.2 Å². The van der Waals surface area contributed by atoms with Crippen LogP contribution in [0.1, 0.15) is 49.9 Å². The Kier molecular flexibility index (Phi) is 23.7. The number of hydrogen-bond donors (Lipinski definition) is 17. The summed E-state index contributed by atoms with van der Waals surface area (Å²) in [7, 11) is 1.93. The lowest BCUT2D eigenvalue weighted by atomic mass is 10.0. The molecule has 20 N–H and O–H groups in total. The van der Waals surface area contributed by atoms with E-state index in [0.717, 1.165) is 21.6 Å². The third-order valence-electron chi connectivity index (χ3n) is 12.2. The number of benzene rings is 2. The molecule has 0 radical (unpaired) electrons. The van der Waals surface area contributed by atoms with Crippen molar-refractivity contribution >= 4 is 97.6 Å². The quantitative estimate of drug-likeness (QED) is 0.0207. The van der Waals surface area contributed by atoms with Crippen molar-refractivity contribution in [1.29, 1.82) is 10.8 Å². The van der Waals surface area contributed by atoms with E-state index in [-0.39, 0.29) is 56.1 Å². The molecule has 0 saturated carbocycles. The van der Waals surface area contributed by atoms with Gasteiger partial charge >= 0.3 is 0 Å². The molecule has 0 bridgehead atoms. The molecule has 1 aliphatic heterocycles. The first-order valence-electron chi connectivity index (χ1n) is 25.0. The Bertz CT molecular complexity index is 2790. The highest BCUT2D eigenvalue weighted by Crippen LogP contribution is 2.24. The standard InChI is InChI=1S/C49H67FN18O9S2/c1-25-41(71)63-37(18-30-21-56-24-60-30)46(76)64-34(15-27-9-4-3-5-10-27)43(73)66-36(17-29(50)20-59-49(54)55)45(75)65-35(16-28-19-58-32-12-7-6-11-31(28)32)44(74)67-38(40(51)70)22-78-79-23-39(47(77)61-25)68-42(72)33(62-26(2)69)13-8-14-57-48(52)53/h3-7,9-12,19,21,24-25,29,33-39,58H,8,13-18,20,22-23H2,1-2H3,(H2,51,70)(H,56,60)(H,61,77)(H,62,69)(H,63,71)(H,64,76)(H,65,75)(H,66,73)(H,67,74)(H,68,72)(H4,52,53,57)(H4,54,55,59)/t25-,29?,33+,34-,35+,36+,37+,38+,39+/m1/s1. The number of hydrogen-bond acceptors (Lipinski definition) is 14. The van der Waals surface area contributed by atoms with Crippen LogP contribution in [0.2, 0.25) is 0 Å². The molecule has 9 amide bonds. The molecule has 0 aliphatic carbocycles. The fraction of sp³-hybridized carbons (Fsp3) is 0.429. The summed E-state index contributed by atoms with van der Waals surface area (Å²) in [5.41, 5.74) is 18.7. The minimum atomic E-state index is -1.94. The van der Waals surface area contributed by atoms with E-state index in [4.69, 9.17) is 28.0 Å². The second kappa shape index (κ2) is 30.5. The summed E-state index contributed by atoms with van der Waals surface area (Å²) in [5.74, 6) is -9.34. The first-order chi connectivity index (χ1) is 37.7. The van der Waals surface area contributed by atoms with E-state index in [0.29, 0.717) is 27.7 Å². The Morgan fingerprint density at radius 3 is 2.00 bits per heavy atom. The van der Waals surface area contributed by atoms with Crippen LogP contribution in [0.25, 0.3) is 10.9 Å². The molecule has 1 fully saturated rings. The van der Waals surface area contributed by atoms with Gasteiger partial charge in [0.1, 0.15) is 54.5 Å². The lowest BCUT2D eigenvalue weighted by Crippen LogP contribution is -2.61. The van der Waals surface area contributed by atoms with Crippen molar-refractivity contribution in [3.63, 3.8) is 0 Å². The molecule has 1 saturated heterocycles. The highest BCUT2D eigenvalue weighted by Gasteiger charge is 2.36. The number of halogens is 1. The van der Waals surface area contributed by atoms with Gasteiger partial charge in [0.05, 0.1) is 12.0 Å². The fourth-order valence-corrected chi connectivity index (χ4v) is 10.4. The molecule has 3 heterocycles. The number of fused-ring (bicyclic) bond motifs is 1. The Balaban J connectivity index is 1.56. The number of aromatic nitrogens is 3. The van der Waals surface area contributed by atoms with Crippen LogP contribution in [0, 0.1) is 10.8 Å². The number of primary amides is 1. The van der Waals surface area contributed by atoms with E-state index in [2.05, 4.69) is 68.1 Å². The lowest BCUT2D eigenvalue weighted by Gasteiger charge is -2.28. The summed E-state index contributed by atoms with van der Waals surface area (Å²) < 4.78 is 15.9. The first-order valence-corrected chi connectivity index (χ1v) is 27.5. The van der Waals surface area contributed by atoms with Crippen LogP contribution in [0.4, 0.5) is 4.39 Å².